The Labute approximate surface area is 113 Å². The largest absolute Gasteiger partial charge is 0.289 e. The number of Topliss-reactive ketones (excluding diaryl/α,β-unsaturated/α-hetero) is 1. The molecule has 0 N–H and O–H groups in total. The van der Waals surface area contributed by atoms with Gasteiger partial charge in [-0.2, -0.15) is 0 Å². The predicted octanol–water partition coefficient (Wildman–Crippen LogP) is 4.31. The molecule has 0 radical (unpaired) electrons. The summed E-state index contributed by atoms with van der Waals surface area (Å²) in [5.41, 5.74) is 2.66. The van der Waals surface area contributed by atoms with Crippen LogP contribution in [-0.2, 0) is 0 Å². The van der Waals surface area contributed by atoms with Crippen LogP contribution in [0.25, 0.3) is 10.9 Å². The number of carbonyl (C=O) groups is 1. The summed E-state index contributed by atoms with van der Waals surface area (Å²) < 4.78 is 0. The molecule has 1 aliphatic carbocycles. The van der Waals surface area contributed by atoms with Crippen molar-refractivity contribution >= 4 is 16.7 Å². The Bertz CT molecular complexity index is 637. The number of carbonyl (C=O) groups excluding carboxylic acids is 1. The number of ketones is 1. The Kier molecular flexibility index (Phi) is 3.41. The number of fused-ring (bicyclic) bond motifs is 1. The van der Waals surface area contributed by atoms with Crippen LogP contribution in [0.5, 0.6) is 0 Å². The van der Waals surface area contributed by atoms with Crippen LogP contribution in [0.1, 0.15) is 42.5 Å². The molecule has 3 rings (SSSR count). The first-order valence-corrected chi connectivity index (χ1v) is 6.94. The summed E-state index contributed by atoms with van der Waals surface area (Å²) >= 11 is 0. The Morgan fingerprint density at radius 1 is 1.05 bits per heavy atom. The lowest BCUT2D eigenvalue weighted by molar-refractivity contribution is 0.103. The Balaban J connectivity index is 2.04. The molecule has 0 atom stereocenters. The van der Waals surface area contributed by atoms with Crippen LogP contribution in [0.15, 0.2) is 48.2 Å². The maximum absolute atomic E-state index is 12.7. The van der Waals surface area contributed by atoms with Crippen LogP contribution in [-0.4, -0.2) is 10.8 Å². The van der Waals surface area contributed by atoms with Gasteiger partial charge in [0.15, 0.2) is 5.78 Å². The van der Waals surface area contributed by atoms with Crippen LogP contribution in [0.2, 0.25) is 0 Å². The van der Waals surface area contributed by atoms with Crippen molar-refractivity contribution in [3.05, 3.63) is 53.7 Å². The number of aromatic nitrogens is 1. The molecule has 0 bridgehead atoms. The van der Waals surface area contributed by atoms with E-state index in [0.717, 1.165) is 41.3 Å². The Hall–Kier alpha value is -1.96. The van der Waals surface area contributed by atoms with E-state index in [1.165, 1.54) is 12.8 Å². The summed E-state index contributed by atoms with van der Waals surface area (Å²) in [5.74, 6) is 0.181. The van der Waals surface area contributed by atoms with Crippen LogP contribution in [0.3, 0.4) is 0 Å². The van der Waals surface area contributed by atoms with E-state index in [-0.39, 0.29) is 5.78 Å². The fourth-order valence-electron chi connectivity index (χ4n) is 2.69. The number of rotatable bonds is 2. The van der Waals surface area contributed by atoms with E-state index in [2.05, 4.69) is 11.1 Å². The SMILES string of the molecule is O=C(C1=CCCCCC1)c1ccnc2ccccc12. The van der Waals surface area contributed by atoms with Crippen molar-refractivity contribution in [1.82, 2.24) is 4.98 Å². The van der Waals surface area contributed by atoms with Gasteiger partial charge in [-0.15, -0.1) is 0 Å². The third-order valence-electron chi connectivity index (χ3n) is 3.73. The zero-order valence-electron chi connectivity index (χ0n) is 10.9. The van der Waals surface area contributed by atoms with Crippen molar-refractivity contribution in [2.75, 3.05) is 0 Å². The van der Waals surface area contributed by atoms with Crippen LogP contribution in [0.4, 0.5) is 0 Å². The van der Waals surface area contributed by atoms with E-state index in [1.54, 1.807) is 6.20 Å². The van der Waals surface area contributed by atoms with E-state index in [0.29, 0.717) is 0 Å². The van der Waals surface area contributed by atoms with Gasteiger partial charge in [-0.05, 0) is 43.4 Å². The zero-order chi connectivity index (χ0) is 13.1. The third-order valence-corrected chi connectivity index (χ3v) is 3.73. The lowest BCUT2D eigenvalue weighted by atomic mass is 9.97. The Morgan fingerprint density at radius 3 is 2.89 bits per heavy atom. The van der Waals surface area contributed by atoms with Gasteiger partial charge < -0.3 is 0 Å². The molecule has 1 aromatic carbocycles. The standard InChI is InChI=1S/C17H17NO/c19-17(13-7-3-1-2-4-8-13)15-11-12-18-16-10-6-5-9-14(15)16/h5-7,9-12H,1-4,8H2. The van der Waals surface area contributed by atoms with Gasteiger partial charge in [0.05, 0.1) is 5.52 Å². The summed E-state index contributed by atoms with van der Waals surface area (Å²) in [5, 5.41) is 0.958. The molecule has 0 aliphatic heterocycles. The highest BCUT2D eigenvalue weighted by molar-refractivity contribution is 6.15. The fourth-order valence-corrected chi connectivity index (χ4v) is 2.69. The Morgan fingerprint density at radius 2 is 1.95 bits per heavy atom. The molecule has 1 heterocycles. The van der Waals surface area contributed by atoms with Crippen molar-refractivity contribution in [2.24, 2.45) is 0 Å². The van der Waals surface area contributed by atoms with Crippen molar-refractivity contribution in [3.63, 3.8) is 0 Å². The number of allylic oxidation sites excluding steroid dienone is 2. The fraction of sp³-hybridized carbons (Fsp3) is 0.294. The molecule has 1 aromatic heterocycles. The lowest BCUT2D eigenvalue weighted by Crippen LogP contribution is -2.04. The summed E-state index contributed by atoms with van der Waals surface area (Å²) in [7, 11) is 0. The molecule has 0 spiro atoms. The molecule has 2 aromatic rings. The first-order chi connectivity index (χ1) is 9.36. The molecule has 0 saturated heterocycles. The molecule has 0 fully saturated rings. The minimum absolute atomic E-state index is 0.181. The molecule has 19 heavy (non-hydrogen) atoms. The van der Waals surface area contributed by atoms with Crippen LogP contribution in [0, 0.1) is 0 Å². The minimum atomic E-state index is 0.181. The molecular formula is C17H17NO. The quantitative estimate of drug-likeness (QED) is 0.744. The molecule has 1 aliphatic rings. The predicted molar refractivity (Wildman–Crippen MR) is 77.2 cm³/mol. The molecular weight excluding hydrogens is 234 g/mol. The van der Waals surface area contributed by atoms with Gasteiger partial charge >= 0.3 is 0 Å². The molecule has 2 heteroatoms. The summed E-state index contributed by atoms with van der Waals surface area (Å²) in [6.45, 7) is 0. The number of nitrogens with zero attached hydrogens (tertiary/aromatic N) is 1. The third kappa shape index (κ3) is 2.43. The van der Waals surface area contributed by atoms with E-state index in [4.69, 9.17) is 0 Å². The van der Waals surface area contributed by atoms with Gasteiger partial charge in [-0.25, -0.2) is 0 Å². The second kappa shape index (κ2) is 5.35. The number of para-hydroxylation sites is 1. The highest BCUT2D eigenvalue weighted by Gasteiger charge is 2.16. The average molecular weight is 251 g/mol. The topological polar surface area (TPSA) is 30.0 Å². The minimum Gasteiger partial charge on any atom is -0.289 e. The van der Waals surface area contributed by atoms with Gasteiger partial charge in [0.25, 0.3) is 0 Å². The van der Waals surface area contributed by atoms with E-state index in [1.807, 2.05) is 30.3 Å². The van der Waals surface area contributed by atoms with Crippen molar-refractivity contribution in [1.29, 1.82) is 0 Å². The van der Waals surface area contributed by atoms with Gasteiger partial charge in [-0.1, -0.05) is 30.7 Å². The first kappa shape index (κ1) is 12.1. The summed E-state index contributed by atoms with van der Waals surface area (Å²) in [6, 6.07) is 9.69. The smallest absolute Gasteiger partial charge is 0.189 e. The molecule has 2 nitrogen and oxygen atoms in total. The molecule has 0 saturated carbocycles. The highest BCUT2D eigenvalue weighted by atomic mass is 16.1. The lowest BCUT2D eigenvalue weighted by Gasteiger charge is -2.07. The normalized spacial score (nSPS) is 15.9. The highest BCUT2D eigenvalue weighted by Crippen LogP contribution is 2.24. The summed E-state index contributed by atoms with van der Waals surface area (Å²) in [6.07, 6.45) is 9.36. The summed E-state index contributed by atoms with van der Waals surface area (Å²) in [4.78, 5) is 17.0. The van der Waals surface area contributed by atoms with Crippen molar-refractivity contribution in [2.45, 2.75) is 32.1 Å². The van der Waals surface area contributed by atoms with Gasteiger partial charge in [0.2, 0.25) is 0 Å². The monoisotopic (exact) mass is 251 g/mol. The van der Waals surface area contributed by atoms with Crippen LogP contribution < -0.4 is 0 Å². The average Bonchev–Trinajstić information content (AvgIpc) is 2.75. The van der Waals surface area contributed by atoms with Crippen molar-refractivity contribution < 1.29 is 4.79 Å². The van der Waals surface area contributed by atoms with E-state index < -0.39 is 0 Å². The second-order valence-corrected chi connectivity index (χ2v) is 5.03. The van der Waals surface area contributed by atoms with Gasteiger partial charge in [-0.3, -0.25) is 9.78 Å². The molecule has 0 amide bonds. The zero-order valence-corrected chi connectivity index (χ0v) is 10.9. The van der Waals surface area contributed by atoms with E-state index in [9.17, 15) is 4.79 Å². The first-order valence-electron chi connectivity index (χ1n) is 6.94. The second-order valence-electron chi connectivity index (χ2n) is 5.03. The van der Waals surface area contributed by atoms with Gasteiger partial charge in [0.1, 0.15) is 0 Å². The number of benzene rings is 1. The van der Waals surface area contributed by atoms with Crippen molar-refractivity contribution in [3.8, 4) is 0 Å². The van der Waals surface area contributed by atoms with Crippen LogP contribution >= 0.6 is 0 Å². The number of hydrogen-bond acceptors (Lipinski definition) is 2. The van der Waals surface area contributed by atoms with E-state index >= 15 is 0 Å². The van der Waals surface area contributed by atoms with Gasteiger partial charge in [0, 0.05) is 17.1 Å². The number of hydrogen-bond donors (Lipinski definition) is 0. The molecule has 0 unspecified atom stereocenters. The number of pyridine rings is 1. The maximum atomic E-state index is 12.7. The maximum Gasteiger partial charge on any atom is 0.189 e. The molecule has 96 valence electrons.